The lowest BCUT2D eigenvalue weighted by molar-refractivity contribution is 0.0692. The number of carbonyl (C=O) groups is 1. The number of rotatable bonds is 7. The molecule has 5 rings (SSSR count). The van der Waals surface area contributed by atoms with Crippen LogP contribution in [0.4, 0.5) is 0 Å². The first-order valence-electron chi connectivity index (χ1n) is 11.9. The summed E-state index contributed by atoms with van der Waals surface area (Å²) in [5.41, 5.74) is 1.37. The first kappa shape index (κ1) is 23.5. The Morgan fingerprint density at radius 2 is 0.806 bits per heavy atom. The molecule has 0 saturated carbocycles. The van der Waals surface area contributed by atoms with Crippen LogP contribution >= 0.6 is 7.26 Å². The van der Waals surface area contributed by atoms with Gasteiger partial charge in [0.2, 0.25) is 0 Å². The first-order valence-corrected chi connectivity index (χ1v) is 13.7. The lowest BCUT2D eigenvalue weighted by Crippen LogP contribution is -2.30. The normalized spacial score (nSPS) is 11.6. The van der Waals surface area contributed by atoms with Gasteiger partial charge in [0.25, 0.3) is 0 Å². The molecule has 0 bridgehead atoms. The van der Waals surface area contributed by atoms with Gasteiger partial charge in [0.05, 0.1) is 5.56 Å². The van der Waals surface area contributed by atoms with Crippen LogP contribution in [-0.2, 0) is 4.74 Å². The molecule has 0 fully saturated rings. The number of hydrogen-bond acceptors (Lipinski definition) is 2. The smallest absolute Gasteiger partial charge is 0.343 e. The zero-order valence-corrected chi connectivity index (χ0v) is 20.7. The summed E-state index contributed by atoms with van der Waals surface area (Å²) in [6.45, 7) is 0. The van der Waals surface area contributed by atoms with Crippen LogP contribution < -0.4 is 15.9 Å². The highest BCUT2D eigenvalue weighted by Crippen LogP contribution is 2.58. The van der Waals surface area contributed by atoms with Crippen LogP contribution in [0.2, 0.25) is 0 Å². The van der Waals surface area contributed by atoms with Crippen LogP contribution in [0.5, 0.6) is 0 Å². The van der Waals surface area contributed by atoms with Crippen LogP contribution in [0.25, 0.3) is 5.76 Å². The average Bonchev–Trinajstić information content (AvgIpc) is 2.97. The van der Waals surface area contributed by atoms with Gasteiger partial charge in [-0.2, -0.15) is 0 Å². The van der Waals surface area contributed by atoms with Gasteiger partial charge in [-0.25, -0.2) is 4.79 Å². The fraction of sp³-hybridized carbons (Fsp3) is 0. The van der Waals surface area contributed by atoms with Crippen molar-refractivity contribution in [3.05, 3.63) is 169 Å². The van der Waals surface area contributed by atoms with Crippen LogP contribution in [0.3, 0.4) is 0 Å². The van der Waals surface area contributed by atoms with Crippen LogP contribution in [0.15, 0.2) is 157 Å². The Bertz CT molecular complexity index is 1340. The van der Waals surface area contributed by atoms with Gasteiger partial charge in [0, 0.05) is 5.56 Å². The molecule has 0 atom stereocenters. The Morgan fingerprint density at radius 1 is 0.472 bits per heavy atom. The summed E-state index contributed by atoms with van der Waals surface area (Å²) in [6.07, 6.45) is 0. The fourth-order valence-corrected chi connectivity index (χ4v) is 8.15. The van der Waals surface area contributed by atoms with Crippen molar-refractivity contribution in [3.8, 4) is 0 Å². The molecule has 0 aliphatic rings. The molecule has 0 unspecified atom stereocenters. The lowest BCUT2D eigenvalue weighted by atomic mass is 10.2. The predicted octanol–water partition coefficient (Wildman–Crippen LogP) is 6.84. The number of benzene rings is 5. The zero-order valence-electron chi connectivity index (χ0n) is 19.8. The quantitative estimate of drug-likeness (QED) is 0.143. The van der Waals surface area contributed by atoms with Gasteiger partial charge < -0.3 is 4.74 Å². The van der Waals surface area contributed by atoms with E-state index in [9.17, 15) is 4.79 Å². The molecule has 0 aliphatic carbocycles. The van der Waals surface area contributed by atoms with Crippen molar-refractivity contribution in [1.82, 2.24) is 0 Å². The van der Waals surface area contributed by atoms with Gasteiger partial charge in [-0.1, -0.05) is 103 Å². The lowest BCUT2D eigenvalue weighted by Gasteiger charge is -2.25. The third-order valence-corrected chi connectivity index (χ3v) is 10.0. The molecule has 174 valence electrons. The molecule has 0 aliphatic heterocycles. The maximum Gasteiger partial charge on any atom is 0.343 e. The van der Waals surface area contributed by atoms with Crippen molar-refractivity contribution >= 4 is 34.9 Å². The number of carbonyl (C=O) groups excluding carboxylic acids is 1. The van der Waals surface area contributed by atoms with E-state index in [4.69, 9.17) is 4.74 Å². The van der Waals surface area contributed by atoms with Crippen LogP contribution in [0, 0.1) is 0 Å². The summed E-state index contributed by atoms with van der Waals surface area (Å²) in [6, 6.07) is 50.6. The van der Waals surface area contributed by atoms with E-state index in [1.807, 2.05) is 66.7 Å². The van der Waals surface area contributed by atoms with Crippen molar-refractivity contribution in [1.29, 1.82) is 0 Å². The Balaban J connectivity index is 1.79. The minimum atomic E-state index is -2.36. The first-order chi connectivity index (χ1) is 17.8. The minimum Gasteiger partial charge on any atom is -0.419 e. The topological polar surface area (TPSA) is 26.3 Å². The van der Waals surface area contributed by atoms with Gasteiger partial charge in [-0.05, 0) is 48.5 Å². The van der Waals surface area contributed by atoms with Gasteiger partial charge in [-0.15, -0.1) is 0 Å². The van der Waals surface area contributed by atoms with Crippen LogP contribution in [-0.4, -0.2) is 5.97 Å². The second-order valence-corrected chi connectivity index (χ2v) is 11.6. The van der Waals surface area contributed by atoms with Crippen LogP contribution in [0.1, 0.15) is 15.9 Å². The maximum absolute atomic E-state index is 13.3. The molecule has 0 radical (unpaired) electrons. The van der Waals surface area contributed by atoms with E-state index < -0.39 is 7.26 Å². The molecule has 2 nitrogen and oxygen atoms in total. The molecular weight excluding hydrogens is 459 g/mol. The zero-order chi connectivity index (χ0) is 24.6. The highest BCUT2D eigenvalue weighted by Gasteiger charge is 2.45. The molecular formula is C33H26O2P+. The molecule has 0 aromatic heterocycles. The monoisotopic (exact) mass is 485 g/mol. The second-order valence-electron chi connectivity index (χ2n) is 8.34. The fourth-order valence-electron chi connectivity index (χ4n) is 4.33. The van der Waals surface area contributed by atoms with Gasteiger partial charge in [0.1, 0.15) is 29.0 Å². The number of esters is 1. The van der Waals surface area contributed by atoms with Gasteiger partial charge in [0.15, 0.2) is 5.76 Å². The summed E-state index contributed by atoms with van der Waals surface area (Å²) in [4.78, 5) is 13.3. The van der Waals surface area contributed by atoms with Crippen molar-refractivity contribution < 1.29 is 9.53 Å². The van der Waals surface area contributed by atoms with Gasteiger partial charge >= 0.3 is 5.97 Å². The summed E-state index contributed by atoms with van der Waals surface area (Å²) >= 11 is 0. The number of hydrogen-bond donors (Lipinski definition) is 0. The highest BCUT2D eigenvalue weighted by atomic mass is 31.2. The summed E-state index contributed by atoms with van der Waals surface area (Å²) in [5, 5.41) is 3.56. The molecule has 0 heterocycles. The molecule has 5 aromatic carbocycles. The molecule has 0 amide bonds. The molecule has 0 N–H and O–H groups in total. The maximum atomic E-state index is 13.3. The van der Waals surface area contributed by atoms with Crippen molar-refractivity contribution in [2.45, 2.75) is 0 Å². The van der Waals surface area contributed by atoms with E-state index in [-0.39, 0.29) is 5.97 Å². The largest absolute Gasteiger partial charge is 0.419 e. The summed E-state index contributed by atoms with van der Waals surface area (Å²) < 4.78 is 6.19. The molecule has 0 spiro atoms. The Morgan fingerprint density at radius 3 is 1.19 bits per heavy atom. The van der Waals surface area contributed by atoms with E-state index in [1.165, 1.54) is 15.9 Å². The third-order valence-electron chi connectivity index (χ3n) is 6.07. The molecule has 3 heteroatoms. The van der Waals surface area contributed by atoms with Crippen molar-refractivity contribution in [2.24, 2.45) is 0 Å². The standard InChI is InChI=1S/C33H26O2P/c34-33(28-18-8-2-9-19-28)35-32(27-16-6-1-7-17-27)26-36(29-20-10-3-11-21-29,30-22-12-4-13-23-30)31-24-14-5-15-25-31/h1-26H/q+1/b32-26-. The SMILES string of the molecule is O=C(O/C(=C\[P+](c1ccccc1)(c1ccccc1)c1ccccc1)c1ccccc1)c1ccccc1. The Kier molecular flexibility index (Phi) is 7.17. The average molecular weight is 486 g/mol. The van der Waals surface area contributed by atoms with E-state index in [2.05, 4.69) is 78.6 Å². The molecule has 5 aromatic rings. The number of ether oxygens (including phenoxy) is 1. The van der Waals surface area contributed by atoms with Gasteiger partial charge in [-0.3, -0.25) is 0 Å². The molecule has 36 heavy (non-hydrogen) atoms. The van der Waals surface area contributed by atoms with Crippen molar-refractivity contribution in [2.75, 3.05) is 0 Å². The minimum absolute atomic E-state index is 0.377. The predicted molar refractivity (Wildman–Crippen MR) is 151 cm³/mol. The summed E-state index contributed by atoms with van der Waals surface area (Å²) in [7, 11) is -2.36. The second kappa shape index (κ2) is 11.0. The van der Waals surface area contributed by atoms with E-state index >= 15 is 0 Å². The van der Waals surface area contributed by atoms with E-state index in [1.54, 1.807) is 12.1 Å². The Labute approximate surface area is 212 Å². The van der Waals surface area contributed by atoms with E-state index in [0.717, 1.165) is 5.56 Å². The highest BCUT2D eigenvalue weighted by molar-refractivity contribution is 7.98. The van der Waals surface area contributed by atoms with Crippen molar-refractivity contribution in [3.63, 3.8) is 0 Å². The van der Waals surface area contributed by atoms with E-state index in [0.29, 0.717) is 11.3 Å². The summed E-state index contributed by atoms with van der Waals surface area (Å²) in [5.74, 6) is 2.37. The molecule has 0 saturated heterocycles. The Hall–Kier alpha value is -4.26. The third kappa shape index (κ3) is 4.91.